The molecule has 2 N–H and O–H groups in total. The molecule has 3 rings (SSSR count). The molecule has 0 unspecified atom stereocenters. The summed E-state index contributed by atoms with van der Waals surface area (Å²) >= 11 is 0. The Kier molecular flexibility index (Phi) is 4.54. The predicted octanol–water partition coefficient (Wildman–Crippen LogP) is 3.78. The lowest BCUT2D eigenvalue weighted by atomic mass is 9.97. The highest BCUT2D eigenvalue weighted by Gasteiger charge is 2.27. The molecule has 0 aliphatic heterocycles. The molecule has 23 heavy (non-hydrogen) atoms. The molecule has 1 heterocycles. The van der Waals surface area contributed by atoms with Gasteiger partial charge in [0.25, 0.3) is 0 Å². The van der Waals surface area contributed by atoms with Crippen molar-refractivity contribution in [1.29, 1.82) is 0 Å². The first-order valence-corrected chi connectivity index (χ1v) is 7.38. The molecule has 3 aromatic rings. The zero-order valence-electron chi connectivity index (χ0n) is 12.4. The number of aliphatic carboxylic acids is 1. The van der Waals surface area contributed by atoms with Gasteiger partial charge in [0.1, 0.15) is 5.76 Å². The van der Waals surface area contributed by atoms with E-state index in [-0.39, 0.29) is 6.04 Å². The summed E-state index contributed by atoms with van der Waals surface area (Å²) in [7, 11) is 0. The third-order valence-corrected chi connectivity index (χ3v) is 3.67. The lowest BCUT2D eigenvalue weighted by molar-refractivity contribution is -0.140. The van der Waals surface area contributed by atoms with Crippen LogP contribution in [-0.4, -0.2) is 11.1 Å². The van der Waals surface area contributed by atoms with Crippen LogP contribution in [0.15, 0.2) is 83.5 Å². The summed E-state index contributed by atoms with van der Waals surface area (Å²) in [5.74, 6) is -0.592. The van der Waals surface area contributed by atoms with Crippen molar-refractivity contribution in [2.45, 2.75) is 12.1 Å². The van der Waals surface area contributed by atoms with Gasteiger partial charge >= 0.3 is 5.97 Å². The lowest BCUT2D eigenvalue weighted by Crippen LogP contribution is -2.32. The second kappa shape index (κ2) is 6.94. The van der Waals surface area contributed by atoms with Crippen LogP contribution in [0.4, 0.5) is 0 Å². The van der Waals surface area contributed by atoms with Gasteiger partial charge in [-0.2, -0.15) is 0 Å². The van der Waals surface area contributed by atoms with Crippen molar-refractivity contribution in [3.8, 4) is 0 Å². The van der Waals surface area contributed by atoms with Crippen molar-refractivity contribution in [3.63, 3.8) is 0 Å². The van der Waals surface area contributed by atoms with Gasteiger partial charge in [0, 0.05) is 0 Å². The Bertz CT molecular complexity index is 699. The van der Waals surface area contributed by atoms with Crippen LogP contribution >= 0.6 is 0 Å². The third-order valence-electron chi connectivity index (χ3n) is 3.67. The average Bonchev–Trinajstić information content (AvgIpc) is 3.11. The zero-order valence-corrected chi connectivity index (χ0v) is 12.4. The molecule has 0 saturated carbocycles. The molecular weight excluding hydrogens is 290 g/mol. The molecule has 0 radical (unpaired) electrons. The third kappa shape index (κ3) is 3.49. The Morgan fingerprint density at radius 1 is 0.870 bits per heavy atom. The molecular formula is C19H17NO3. The summed E-state index contributed by atoms with van der Waals surface area (Å²) in [6, 6.07) is 21.7. The van der Waals surface area contributed by atoms with Gasteiger partial charge < -0.3 is 9.52 Å². The van der Waals surface area contributed by atoms with Crippen LogP contribution < -0.4 is 5.32 Å². The monoisotopic (exact) mass is 307 g/mol. The highest BCUT2D eigenvalue weighted by atomic mass is 16.4. The van der Waals surface area contributed by atoms with Crippen LogP contribution in [0.3, 0.4) is 0 Å². The second-order valence-corrected chi connectivity index (χ2v) is 5.21. The van der Waals surface area contributed by atoms with E-state index < -0.39 is 12.0 Å². The molecule has 1 aromatic heterocycles. The van der Waals surface area contributed by atoms with E-state index in [4.69, 9.17) is 4.42 Å². The molecule has 116 valence electrons. The number of carboxylic acid groups (broad SMARTS) is 1. The maximum Gasteiger partial charge on any atom is 0.328 e. The maximum absolute atomic E-state index is 11.7. The highest BCUT2D eigenvalue weighted by Crippen LogP contribution is 2.26. The molecule has 4 heteroatoms. The highest BCUT2D eigenvalue weighted by molar-refractivity contribution is 5.74. The van der Waals surface area contributed by atoms with Crippen LogP contribution in [0.1, 0.15) is 29.0 Å². The molecule has 0 aliphatic carbocycles. The molecule has 0 aliphatic rings. The topological polar surface area (TPSA) is 62.5 Å². The summed E-state index contributed by atoms with van der Waals surface area (Å²) in [6.45, 7) is 0. The fourth-order valence-electron chi connectivity index (χ4n) is 2.57. The first-order valence-electron chi connectivity index (χ1n) is 7.38. The van der Waals surface area contributed by atoms with Crippen LogP contribution in [0.5, 0.6) is 0 Å². The van der Waals surface area contributed by atoms with E-state index in [1.807, 2.05) is 60.7 Å². The van der Waals surface area contributed by atoms with Crippen LogP contribution in [-0.2, 0) is 4.79 Å². The quantitative estimate of drug-likeness (QED) is 0.727. The van der Waals surface area contributed by atoms with E-state index in [0.717, 1.165) is 11.1 Å². The van der Waals surface area contributed by atoms with Gasteiger partial charge in [-0.05, 0) is 23.3 Å². The molecule has 0 bridgehead atoms. The number of hydrogen-bond acceptors (Lipinski definition) is 3. The van der Waals surface area contributed by atoms with E-state index in [1.54, 1.807) is 12.1 Å². The summed E-state index contributed by atoms with van der Waals surface area (Å²) in [5, 5.41) is 12.8. The molecule has 0 fully saturated rings. The number of rotatable bonds is 6. The van der Waals surface area contributed by atoms with E-state index in [0.29, 0.717) is 5.76 Å². The lowest BCUT2D eigenvalue weighted by Gasteiger charge is -2.23. The van der Waals surface area contributed by atoms with Crippen LogP contribution in [0.2, 0.25) is 0 Å². The molecule has 0 saturated heterocycles. The molecule has 1 atom stereocenters. The van der Waals surface area contributed by atoms with Gasteiger partial charge in [-0.3, -0.25) is 10.1 Å². The molecule has 0 amide bonds. The molecule has 0 spiro atoms. The minimum absolute atomic E-state index is 0.247. The summed E-state index contributed by atoms with van der Waals surface area (Å²) in [5.41, 5.74) is 1.99. The molecule has 4 nitrogen and oxygen atoms in total. The SMILES string of the molecule is O=C(O)[C@@H](NC(c1ccccc1)c1ccccc1)c1ccco1. The van der Waals surface area contributed by atoms with Crippen molar-refractivity contribution in [2.24, 2.45) is 0 Å². The predicted molar refractivity (Wildman–Crippen MR) is 86.9 cm³/mol. The number of hydrogen-bond donors (Lipinski definition) is 2. The minimum Gasteiger partial charge on any atom is -0.480 e. The molecule has 2 aromatic carbocycles. The number of benzene rings is 2. The van der Waals surface area contributed by atoms with Crippen molar-refractivity contribution in [1.82, 2.24) is 5.32 Å². The van der Waals surface area contributed by atoms with Gasteiger partial charge in [-0.25, -0.2) is 0 Å². The Morgan fingerprint density at radius 2 is 1.43 bits per heavy atom. The average molecular weight is 307 g/mol. The number of carbonyl (C=O) groups is 1. The van der Waals surface area contributed by atoms with Crippen LogP contribution in [0, 0.1) is 0 Å². The zero-order chi connectivity index (χ0) is 16.1. The van der Waals surface area contributed by atoms with Crippen molar-refractivity contribution >= 4 is 5.97 Å². The summed E-state index contributed by atoms with van der Waals surface area (Å²) in [6.07, 6.45) is 1.48. The normalized spacial score (nSPS) is 12.2. The van der Waals surface area contributed by atoms with Gasteiger partial charge in [0.2, 0.25) is 0 Å². The fourth-order valence-corrected chi connectivity index (χ4v) is 2.57. The van der Waals surface area contributed by atoms with Gasteiger partial charge in [0.05, 0.1) is 12.3 Å². The largest absolute Gasteiger partial charge is 0.480 e. The van der Waals surface area contributed by atoms with Crippen LogP contribution in [0.25, 0.3) is 0 Å². The van der Waals surface area contributed by atoms with Gasteiger partial charge in [-0.1, -0.05) is 60.7 Å². The standard InChI is InChI=1S/C19H17NO3/c21-19(22)18(16-12-7-13-23-16)20-17(14-8-3-1-4-9-14)15-10-5-2-6-11-15/h1-13,17-18,20H,(H,21,22)/t18-/m0/s1. The summed E-state index contributed by atoms with van der Waals surface area (Å²) in [4.78, 5) is 11.7. The number of furan rings is 1. The van der Waals surface area contributed by atoms with E-state index in [1.165, 1.54) is 6.26 Å². The van der Waals surface area contributed by atoms with Crippen molar-refractivity contribution in [2.75, 3.05) is 0 Å². The van der Waals surface area contributed by atoms with E-state index in [9.17, 15) is 9.90 Å². The van der Waals surface area contributed by atoms with Crippen molar-refractivity contribution < 1.29 is 14.3 Å². The van der Waals surface area contributed by atoms with E-state index >= 15 is 0 Å². The maximum atomic E-state index is 11.7. The smallest absolute Gasteiger partial charge is 0.328 e. The first kappa shape index (κ1) is 15.1. The Labute approximate surface area is 134 Å². The fraction of sp³-hybridized carbons (Fsp3) is 0.105. The summed E-state index contributed by atoms with van der Waals surface area (Å²) < 4.78 is 5.29. The number of carboxylic acids is 1. The van der Waals surface area contributed by atoms with Gasteiger partial charge in [-0.15, -0.1) is 0 Å². The van der Waals surface area contributed by atoms with E-state index in [2.05, 4.69) is 5.32 Å². The van der Waals surface area contributed by atoms with Gasteiger partial charge in [0.15, 0.2) is 6.04 Å². The Hall–Kier alpha value is -2.85. The number of nitrogens with one attached hydrogen (secondary N) is 1. The second-order valence-electron chi connectivity index (χ2n) is 5.21. The van der Waals surface area contributed by atoms with Crippen molar-refractivity contribution in [3.05, 3.63) is 95.9 Å². The minimum atomic E-state index is -0.975. The Morgan fingerprint density at radius 3 is 1.87 bits per heavy atom. The Balaban J connectivity index is 1.97. The first-order chi connectivity index (χ1) is 11.3.